The Hall–Kier alpha value is -2.54. The fourth-order valence-corrected chi connectivity index (χ4v) is 2.75. The third-order valence-corrected chi connectivity index (χ3v) is 4.21. The van der Waals surface area contributed by atoms with E-state index >= 15 is 0 Å². The zero-order chi connectivity index (χ0) is 17.8. The van der Waals surface area contributed by atoms with E-state index in [1.165, 1.54) is 0 Å². The Balaban J connectivity index is 1.60. The van der Waals surface area contributed by atoms with Crippen molar-refractivity contribution in [3.63, 3.8) is 0 Å². The zero-order valence-electron chi connectivity index (χ0n) is 14.9. The first-order valence-electron chi connectivity index (χ1n) is 8.34. The highest BCUT2D eigenvalue weighted by Gasteiger charge is 2.26. The maximum atomic E-state index is 12.5. The molecular weight excluding hydrogens is 320 g/mol. The number of nitrogens with one attached hydrogen (secondary N) is 1. The number of fused-ring (bicyclic) bond motifs is 1. The normalized spacial score (nSPS) is 16.2. The lowest BCUT2D eigenvalue weighted by Crippen LogP contribution is -2.32. The van der Waals surface area contributed by atoms with Crippen LogP contribution in [0.15, 0.2) is 30.5 Å². The molecule has 1 aliphatic rings. The molecule has 3 rings (SSSR count). The summed E-state index contributed by atoms with van der Waals surface area (Å²) in [6.07, 6.45) is 2.50. The summed E-state index contributed by atoms with van der Waals surface area (Å²) >= 11 is 0. The lowest BCUT2D eigenvalue weighted by atomic mass is 9.96. The number of methoxy groups -OCH3 is 1. The number of carbonyl (C=O) groups excluding carboxylic acids is 1. The van der Waals surface area contributed by atoms with Gasteiger partial charge in [-0.15, -0.1) is 0 Å². The number of nitrogens with zero attached hydrogens (tertiary/aromatic N) is 3. The Labute approximate surface area is 147 Å². The first-order chi connectivity index (χ1) is 12.0. The second-order valence-corrected chi connectivity index (χ2v) is 6.44. The van der Waals surface area contributed by atoms with Crippen LogP contribution in [0.2, 0.25) is 0 Å². The van der Waals surface area contributed by atoms with Gasteiger partial charge in [0.2, 0.25) is 5.91 Å². The van der Waals surface area contributed by atoms with Crippen molar-refractivity contribution < 1.29 is 14.3 Å². The molecule has 0 bridgehead atoms. The van der Waals surface area contributed by atoms with E-state index < -0.39 is 0 Å². The van der Waals surface area contributed by atoms with Crippen molar-refractivity contribution >= 4 is 11.7 Å². The summed E-state index contributed by atoms with van der Waals surface area (Å²) in [7, 11) is 5.66. The minimum Gasteiger partial charge on any atom is -0.497 e. The van der Waals surface area contributed by atoms with Gasteiger partial charge in [-0.25, -0.2) is 0 Å². The molecule has 1 aromatic carbocycles. The fraction of sp³-hybridized carbons (Fsp3) is 0.444. The van der Waals surface area contributed by atoms with Gasteiger partial charge in [-0.2, -0.15) is 5.10 Å². The van der Waals surface area contributed by atoms with E-state index in [4.69, 9.17) is 9.47 Å². The molecule has 1 unspecified atom stereocenters. The molecule has 2 aromatic rings. The summed E-state index contributed by atoms with van der Waals surface area (Å²) in [5.41, 5.74) is 0.988. The summed E-state index contributed by atoms with van der Waals surface area (Å²) in [6, 6.07) is 7.48. The average molecular weight is 344 g/mol. The van der Waals surface area contributed by atoms with Crippen molar-refractivity contribution in [1.29, 1.82) is 0 Å². The lowest BCUT2D eigenvalue weighted by Gasteiger charge is -2.24. The quantitative estimate of drug-likeness (QED) is 0.863. The molecule has 1 atom stereocenters. The molecule has 0 fully saturated rings. The largest absolute Gasteiger partial charge is 0.497 e. The SMILES string of the molecule is COc1ccc2c(c1)CC(C(=O)Nc1ccn(CCN(C)C)n1)CO2. The van der Waals surface area contributed by atoms with Crippen LogP contribution in [0.3, 0.4) is 0 Å². The zero-order valence-corrected chi connectivity index (χ0v) is 14.9. The standard InChI is InChI=1S/C18H24N4O3/c1-21(2)8-9-22-7-6-17(20-22)19-18(23)14-10-13-11-15(24-3)4-5-16(13)25-12-14/h4-7,11,14H,8-10,12H2,1-3H3,(H,19,20,23). The van der Waals surface area contributed by atoms with Gasteiger partial charge in [0, 0.05) is 18.8 Å². The number of ether oxygens (including phenoxy) is 2. The van der Waals surface area contributed by atoms with Crippen molar-refractivity contribution in [2.45, 2.75) is 13.0 Å². The summed E-state index contributed by atoms with van der Waals surface area (Å²) in [6.45, 7) is 2.04. The number of amides is 1. The molecule has 25 heavy (non-hydrogen) atoms. The van der Waals surface area contributed by atoms with Crippen LogP contribution < -0.4 is 14.8 Å². The van der Waals surface area contributed by atoms with Gasteiger partial charge in [0.25, 0.3) is 0 Å². The number of carbonyl (C=O) groups is 1. The van der Waals surface area contributed by atoms with Crippen molar-refractivity contribution in [2.75, 3.05) is 39.7 Å². The first-order valence-corrected chi connectivity index (χ1v) is 8.34. The summed E-state index contributed by atoms with van der Waals surface area (Å²) in [5.74, 6) is 1.83. The van der Waals surface area contributed by atoms with Gasteiger partial charge in [0.05, 0.1) is 19.6 Å². The number of likely N-dealkylation sites (N-methyl/N-ethyl adjacent to an activating group) is 1. The number of hydrogen-bond donors (Lipinski definition) is 1. The van der Waals surface area contributed by atoms with Gasteiger partial charge in [0.1, 0.15) is 18.1 Å². The molecule has 1 N–H and O–H groups in total. The molecule has 134 valence electrons. The van der Waals surface area contributed by atoms with Gasteiger partial charge >= 0.3 is 0 Å². The third kappa shape index (κ3) is 4.30. The molecule has 2 heterocycles. The van der Waals surface area contributed by atoms with Crippen LogP contribution in [-0.4, -0.2) is 54.9 Å². The molecule has 7 heteroatoms. The Morgan fingerprint density at radius 3 is 3.04 bits per heavy atom. The Morgan fingerprint density at radius 2 is 2.28 bits per heavy atom. The van der Waals surface area contributed by atoms with Crippen LogP contribution in [0, 0.1) is 5.92 Å². The predicted octanol–water partition coefficient (Wildman–Crippen LogP) is 1.64. The van der Waals surface area contributed by atoms with Crippen LogP contribution in [0.4, 0.5) is 5.82 Å². The van der Waals surface area contributed by atoms with Gasteiger partial charge in [0.15, 0.2) is 5.82 Å². The van der Waals surface area contributed by atoms with E-state index in [1.807, 2.05) is 49.2 Å². The highest BCUT2D eigenvalue weighted by Crippen LogP contribution is 2.31. The summed E-state index contributed by atoms with van der Waals surface area (Å²) in [5, 5.41) is 7.27. The number of benzene rings is 1. The molecule has 1 aromatic heterocycles. The molecule has 0 radical (unpaired) electrons. The first kappa shape index (κ1) is 17.3. The summed E-state index contributed by atoms with van der Waals surface area (Å²) in [4.78, 5) is 14.6. The number of hydrogen-bond acceptors (Lipinski definition) is 5. The summed E-state index contributed by atoms with van der Waals surface area (Å²) < 4.78 is 12.8. The van der Waals surface area contributed by atoms with Crippen molar-refractivity contribution in [1.82, 2.24) is 14.7 Å². The van der Waals surface area contributed by atoms with Gasteiger partial charge in [-0.3, -0.25) is 9.48 Å². The van der Waals surface area contributed by atoms with E-state index in [-0.39, 0.29) is 11.8 Å². The fourth-order valence-electron chi connectivity index (χ4n) is 2.75. The van der Waals surface area contributed by atoms with Crippen LogP contribution in [0.1, 0.15) is 5.56 Å². The van der Waals surface area contributed by atoms with Gasteiger partial charge in [-0.1, -0.05) is 0 Å². The van der Waals surface area contributed by atoms with Crippen molar-refractivity contribution in [2.24, 2.45) is 5.92 Å². The van der Waals surface area contributed by atoms with E-state index in [2.05, 4.69) is 15.3 Å². The average Bonchev–Trinajstić information content (AvgIpc) is 3.06. The molecule has 1 aliphatic heterocycles. The molecule has 0 saturated heterocycles. The smallest absolute Gasteiger partial charge is 0.232 e. The van der Waals surface area contributed by atoms with Gasteiger partial charge < -0.3 is 19.7 Å². The van der Waals surface area contributed by atoms with Crippen LogP contribution in [-0.2, 0) is 17.8 Å². The van der Waals surface area contributed by atoms with Crippen molar-refractivity contribution in [3.05, 3.63) is 36.0 Å². The Bertz CT molecular complexity index is 742. The van der Waals surface area contributed by atoms with E-state index in [1.54, 1.807) is 7.11 Å². The van der Waals surface area contributed by atoms with Crippen LogP contribution in [0.25, 0.3) is 0 Å². The highest BCUT2D eigenvalue weighted by molar-refractivity contribution is 5.92. The maximum Gasteiger partial charge on any atom is 0.232 e. The third-order valence-electron chi connectivity index (χ3n) is 4.21. The van der Waals surface area contributed by atoms with E-state index in [9.17, 15) is 4.79 Å². The predicted molar refractivity (Wildman–Crippen MR) is 95.1 cm³/mol. The number of rotatable bonds is 6. The second-order valence-electron chi connectivity index (χ2n) is 6.44. The Morgan fingerprint density at radius 1 is 1.44 bits per heavy atom. The molecule has 0 saturated carbocycles. The second kappa shape index (κ2) is 7.57. The van der Waals surface area contributed by atoms with Crippen LogP contribution >= 0.6 is 0 Å². The van der Waals surface area contributed by atoms with E-state index in [0.29, 0.717) is 18.8 Å². The Kier molecular flexibility index (Phi) is 5.23. The molecular formula is C18H24N4O3. The maximum absolute atomic E-state index is 12.5. The minimum atomic E-state index is -0.244. The molecule has 0 aliphatic carbocycles. The molecule has 7 nitrogen and oxygen atoms in total. The van der Waals surface area contributed by atoms with Crippen LogP contribution in [0.5, 0.6) is 11.5 Å². The topological polar surface area (TPSA) is 68.6 Å². The molecule has 1 amide bonds. The van der Waals surface area contributed by atoms with Gasteiger partial charge in [-0.05, 0) is 44.3 Å². The number of aromatic nitrogens is 2. The molecule has 0 spiro atoms. The monoisotopic (exact) mass is 344 g/mol. The van der Waals surface area contributed by atoms with E-state index in [0.717, 1.165) is 30.2 Å². The highest BCUT2D eigenvalue weighted by atomic mass is 16.5. The van der Waals surface area contributed by atoms with Crippen molar-refractivity contribution in [3.8, 4) is 11.5 Å². The number of anilines is 1. The lowest BCUT2D eigenvalue weighted by molar-refractivity contribution is -0.121. The minimum absolute atomic E-state index is 0.0775.